The number of carbonyl (C=O) groups excluding carboxylic acids is 2. The van der Waals surface area contributed by atoms with Gasteiger partial charge in [0.15, 0.2) is 0 Å². The van der Waals surface area contributed by atoms with E-state index in [1.165, 1.54) is 154 Å². The highest BCUT2D eigenvalue weighted by Crippen LogP contribution is 2.21. The quantitative estimate of drug-likeness (QED) is 0.0596. The zero-order valence-corrected chi connectivity index (χ0v) is 28.8. The summed E-state index contributed by atoms with van der Waals surface area (Å²) >= 11 is 0. The molecule has 0 saturated heterocycles. The molecule has 2 atom stereocenters. The molecule has 0 aromatic carbocycles. The minimum atomic E-state index is -0.0330. The minimum Gasteiger partial charge on any atom is -0.348 e. The van der Waals surface area contributed by atoms with E-state index < -0.39 is 0 Å². The second-order valence-corrected chi connectivity index (χ2v) is 13.3. The average Bonchev–Trinajstić information content (AvgIpc) is 3.73. The van der Waals surface area contributed by atoms with Crippen LogP contribution in [0.15, 0.2) is 24.3 Å². The molecular weight excluding hydrogens is 528 g/mol. The molecule has 1 aliphatic carbocycles. The van der Waals surface area contributed by atoms with Gasteiger partial charge in [0.2, 0.25) is 11.8 Å². The van der Waals surface area contributed by atoms with Gasteiger partial charge >= 0.3 is 0 Å². The van der Waals surface area contributed by atoms with E-state index in [-0.39, 0.29) is 23.9 Å². The lowest BCUT2D eigenvalue weighted by atomic mass is 10.0. The maximum atomic E-state index is 12.2. The highest BCUT2D eigenvalue weighted by Gasteiger charge is 2.38. The second-order valence-electron chi connectivity index (χ2n) is 13.3. The predicted molar refractivity (Wildman–Crippen MR) is 187 cm³/mol. The largest absolute Gasteiger partial charge is 0.348 e. The molecule has 0 spiro atoms. The van der Waals surface area contributed by atoms with Crippen molar-refractivity contribution in [1.82, 2.24) is 10.6 Å². The summed E-state index contributed by atoms with van der Waals surface area (Å²) in [6.07, 6.45) is 45.5. The van der Waals surface area contributed by atoms with Crippen LogP contribution in [0.3, 0.4) is 0 Å². The van der Waals surface area contributed by atoms with Crippen LogP contribution in [0.5, 0.6) is 0 Å². The van der Waals surface area contributed by atoms with Crippen LogP contribution in [0.4, 0.5) is 0 Å². The van der Waals surface area contributed by atoms with Crippen LogP contribution in [0, 0.1) is 0 Å². The third kappa shape index (κ3) is 27.7. The number of carbonyl (C=O) groups is 2. The summed E-state index contributed by atoms with van der Waals surface area (Å²) in [4.78, 5) is 24.3. The Morgan fingerprint density at radius 3 is 0.977 bits per heavy atom. The molecule has 0 bridgehead atoms. The van der Waals surface area contributed by atoms with Gasteiger partial charge in [-0.15, -0.1) is 0 Å². The Hall–Kier alpha value is -1.58. The van der Waals surface area contributed by atoms with Crippen molar-refractivity contribution in [1.29, 1.82) is 0 Å². The van der Waals surface area contributed by atoms with Crippen LogP contribution >= 0.6 is 0 Å². The van der Waals surface area contributed by atoms with Gasteiger partial charge in [-0.1, -0.05) is 180 Å². The summed E-state index contributed by atoms with van der Waals surface area (Å²) in [5, 5.41) is 6.03. The van der Waals surface area contributed by atoms with E-state index in [0.29, 0.717) is 0 Å². The highest BCUT2D eigenvalue weighted by atomic mass is 16.2. The Morgan fingerprint density at radius 1 is 0.442 bits per heavy atom. The summed E-state index contributed by atoms with van der Waals surface area (Å²) < 4.78 is 0. The topological polar surface area (TPSA) is 58.2 Å². The Morgan fingerprint density at radius 2 is 0.698 bits per heavy atom. The maximum Gasteiger partial charge on any atom is 0.243 e. The fourth-order valence-electron chi connectivity index (χ4n) is 5.92. The van der Waals surface area contributed by atoms with Crippen molar-refractivity contribution >= 4 is 11.8 Å². The van der Waals surface area contributed by atoms with Crippen LogP contribution in [0.25, 0.3) is 0 Å². The van der Waals surface area contributed by atoms with Gasteiger partial charge in [-0.3, -0.25) is 9.59 Å². The lowest BCUT2D eigenvalue weighted by Gasteiger charge is -2.03. The van der Waals surface area contributed by atoms with Crippen LogP contribution in [-0.4, -0.2) is 23.9 Å². The number of amides is 2. The molecule has 4 heteroatoms. The number of unbranched alkanes of at least 4 members (excludes halogenated alkanes) is 26. The van der Waals surface area contributed by atoms with Crippen molar-refractivity contribution in [3.8, 4) is 0 Å². The monoisotopic (exact) mass is 601 g/mol. The predicted octanol–water partition coefficient (Wildman–Crippen LogP) is 11.4. The highest BCUT2D eigenvalue weighted by molar-refractivity contribution is 5.89. The van der Waals surface area contributed by atoms with E-state index in [1.54, 1.807) is 12.2 Å². The molecule has 2 N–H and O–H groups in total. The van der Waals surface area contributed by atoms with Crippen molar-refractivity contribution in [3.05, 3.63) is 24.3 Å². The van der Waals surface area contributed by atoms with E-state index in [4.69, 9.17) is 0 Å². The maximum absolute atomic E-state index is 12.2. The van der Waals surface area contributed by atoms with Crippen LogP contribution in [-0.2, 0) is 9.59 Å². The van der Waals surface area contributed by atoms with Gasteiger partial charge in [-0.25, -0.2) is 0 Å². The molecular formula is C39H72N2O2. The average molecular weight is 601 g/mol. The molecule has 0 radical (unpaired) electrons. The molecule has 0 aromatic heterocycles. The van der Waals surface area contributed by atoms with E-state index in [9.17, 15) is 9.59 Å². The summed E-state index contributed by atoms with van der Waals surface area (Å²) in [5.41, 5.74) is 0. The third-order valence-corrected chi connectivity index (χ3v) is 8.93. The lowest BCUT2D eigenvalue weighted by Crippen LogP contribution is -2.33. The molecule has 0 heterocycles. The molecule has 4 nitrogen and oxygen atoms in total. The van der Waals surface area contributed by atoms with Gasteiger partial charge in [0.1, 0.15) is 0 Å². The first-order valence-corrected chi connectivity index (χ1v) is 19.1. The van der Waals surface area contributed by atoms with Gasteiger partial charge < -0.3 is 10.6 Å². The van der Waals surface area contributed by atoms with Gasteiger partial charge in [0.25, 0.3) is 0 Å². The van der Waals surface area contributed by atoms with Crippen molar-refractivity contribution < 1.29 is 9.59 Å². The Kier molecular flexibility index (Phi) is 27.9. The fraction of sp³-hybridized carbons (Fsp3) is 0.846. The first-order chi connectivity index (χ1) is 21.2. The van der Waals surface area contributed by atoms with E-state index in [2.05, 4.69) is 24.5 Å². The molecule has 1 fully saturated rings. The molecule has 250 valence electrons. The Labute approximate surface area is 268 Å². The summed E-state index contributed by atoms with van der Waals surface area (Å²) in [5.74, 6) is -0.0659. The number of rotatable bonds is 32. The van der Waals surface area contributed by atoms with Gasteiger partial charge in [-0.05, 0) is 44.3 Å². The summed E-state index contributed by atoms with van der Waals surface area (Å²) in [7, 11) is 0. The SMILES string of the molecule is CCCCCCCCCCCCCCCC=CC(=O)NC1CC1NC(=O)C=CCCCCCCCCCCCCCCC. The fourth-order valence-corrected chi connectivity index (χ4v) is 5.92. The number of hydrogen-bond acceptors (Lipinski definition) is 2. The minimum absolute atomic E-state index is 0.0330. The van der Waals surface area contributed by atoms with E-state index >= 15 is 0 Å². The molecule has 2 unspecified atom stereocenters. The summed E-state index contributed by atoms with van der Waals surface area (Å²) in [6, 6.07) is 0.152. The smallest absolute Gasteiger partial charge is 0.243 e. The summed E-state index contributed by atoms with van der Waals surface area (Å²) in [6.45, 7) is 4.56. The molecule has 0 aliphatic heterocycles. The van der Waals surface area contributed by atoms with E-state index in [1.807, 2.05) is 12.2 Å². The van der Waals surface area contributed by atoms with Crippen molar-refractivity contribution in [2.45, 2.75) is 212 Å². The number of nitrogens with one attached hydrogen (secondary N) is 2. The molecule has 1 aliphatic rings. The first-order valence-electron chi connectivity index (χ1n) is 19.1. The second kappa shape index (κ2) is 30.4. The Balaban J connectivity index is 1.86. The van der Waals surface area contributed by atoms with Crippen molar-refractivity contribution in [2.24, 2.45) is 0 Å². The molecule has 1 rings (SSSR count). The third-order valence-electron chi connectivity index (χ3n) is 8.93. The molecule has 43 heavy (non-hydrogen) atoms. The first kappa shape index (κ1) is 39.4. The van der Waals surface area contributed by atoms with Crippen molar-refractivity contribution in [3.63, 3.8) is 0 Å². The van der Waals surface area contributed by atoms with E-state index in [0.717, 1.165) is 32.1 Å². The van der Waals surface area contributed by atoms with Gasteiger partial charge in [0, 0.05) is 0 Å². The normalized spacial score (nSPS) is 16.3. The number of allylic oxidation sites excluding steroid dienone is 2. The molecule has 0 aromatic rings. The van der Waals surface area contributed by atoms with Gasteiger partial charge in [-0.2, -0.15) is 0 Å². The number of hydrogen-bond donors (Lipinski definition) is 2. The molecule has 1 saturated carbocycles. The standard InChI is InChI=1S/C39H72N2O2/c1-3-5-7-9-11-13-15-17-19-21-23-25-27-29-31-33-38(42)40-36-35-37(36)41-39(43)34-32-30-28-26-24-22-20-18-16-14-12-10-8-6-4-2/h31-34,36-37H,3-30,35H2,1-2H3,(H,40,42)(H,41,43). The van der Waals surface area contributed by atoms with Crippen LogP contribution < -0.4 is 10.6 Å². The Bertz CT molecular complexity index is 643. The van der Waals surface area contributed by atoms with Crippen molar-refractivity contribution in [2.75, 3.05) is 0 Å². The van der Waals surface area contributed by atoms with Gasteiger partial charge in [0.05, 0.1) is 12.1 Å². The zero-order valence-electron chi connectivity index (χ0n) is 28.8. The zero-order chi connectivity index (χ0) is 31.1. The molecule has 2 amide bonds. The van der Waals surface area contributed by atoms with Crippen LogP contribution in [0.2, 0.25) is 0 Å². The van der Waals surface area contributed by atoms with Crippen LogP contribution in [0.1, 0.15) is 200 Å². The lowest BCUT2D eigenvalue weighted by molar-refractivity contribution is -0.118.